The molecule has 22 heavy (non-hydrogen) atoms. The summed E-state index contributed by atoms with van der Waals surface area (Å²) >= 11 is 0. The third-order valence-electron chi connectivity index (χ3n) is 3.88. The molecule has 1 amide bonds. The van der Waals surface area contributed by atoms with E-state index in [1.165, 1.54) is 0 Å². The highest BCUT2D eigenvalue weighted by Gasteiger charge is 2.24. The lowest BCUT2D eigenvalue weighted by Crippen LogP contribution is -2.46. The minimum Gasteiger partial charge on any atom is -0.374 e. The number of ether oxygens (including phenoxy) is 1. The SMILES string of the molecule is O=C(Cc1ccccc1)N1CCO[C@@H](Cc2cccnc2)C1. The molecule has 1 aromatic carbocycles. The Hall–Kier alpha value is -2.20. The maximum absolute atomic E-state index is 12.4. The Morgan fingerprint density at radius 1 is 1.18 bits per heavy atom. The van der Waals surface area contributed by atoms with Crippen LogP contribution in [0.2, 0.25) is 0 Å². The van der Waals surface area contributed by atoms with Crippen molar-refractivity contribution in [3.63, 3.8) is 0 Å². The van der Waals surface area contributed by atoms with Crippen LogP contribution in [0.1, 0.15) is 11.1 Å². The maximum Gasteiger partial charge on any atom is 0.227 e. The fourth-order valence-electron chi connectivity index (χ4n) is 2.73. The molecular formula is C18H20N2O2. The van der Waals surface area contributed by atoms with Gasteiger partial charge in [0.15, 0.2) is 0 Å². The Kier molecular flexibility index (Phi) is 4.81. The highest BCUT2D eigenvalue weighted by Crippen LogP contribution is 2.13. The first kappa shape index (κ1) is 14.7. The third-order valence-corrected chi connectivity index (χ3v) is 3.88. The average Bonchev–Trinajstić information content (AvgIpc) is 2.57. The number of hydrogen-bond acceptors (Lipinski definition) is 3. The number of carbonyl (C=O) groups is 1. The minimum absolute atomic E-state index is 0.0534. The van der Waals surface area contributed by atoms with Crippen molar-refractivity contribution >= 4 is 5.91 Å². The number of morpholine rings is 1. The summed E-state index contributed by atoms with van der Waals surface area (Å²) < 4.78 is 5.79. The van der Waals surface area contributed by atoms with E-state index in [1.54, 1.807) is 6.20 Å². The Balaban J connectivity index is 1.57. The minimum atomic E-state index is 0.0534. The van der Waals surface area contributed by atoms with Gasteiger partial charge in [-0.15, -0.1) is 0 Å². The summed E-state index contributed by atoms with van der Waals surface area (Å²) in [7, 11) is 0. The number of pyridine rings is 1. The van der Waals surface area contributed by atoms with Crippen molar-refractivity contribution in [2.45, 2.75) is 18.9 Å². The standard InChI is InChI=1S/C18H20N2O2/c21-18(12-15-5-2-1-3-6-15)20-9-10-22-17(14-20)11-16-7-4-8-19-13-16/h1-8,13,17H,9-12,14H2/t17-/m0/s1. The van der Waals surface area contributed by atoms with E-state index in [4.69, 9.17) is 4.74 Å². The van der Waals surface area contributed by atoms with E-state index in [0.717, 1.165) is 17.5 Å². The lowest BCUT2D eigenvalue weighted by molar-refractivity contribution is -0.138. The van der Waals surface area contributed by atoms with Gasteiger partial charge in [0, 0.05) is 31.9 Å². The van der Waals surface area contributed by atoms with Crippen LogP contribution >= 0.6 is 0 Å². The van der Waals surface area contributed by atoms with Gasteiger partial charge in [-0.3, -0.25) is 9.78 Å². The first-order valence-electron chi connectivity index (χ1n) is 7.63. The molecule has 1 aromatic heterocycles. The molecule has 4 heteroatoms. The number of amides is 1. The molecule has 3 rings (SSSR count). The molecule has 2 heterocycles. The summed E-state index contributed by atoms with van der Waals surface area (Å²) in [6.07, 6.45) is 4.93. The summed E-state index contributed by atoms with van der Waals surface area (Å²) in [6.45, 7) is 1.93. The number of nitrogens with zero attached hydrogens (tertiary/aromatic N) is 2. The van der Waals surface area contributed by atoms with E-state index in [0.29, 0.717) is 26.1 Å². The van der Waals surface area contributed by atoms with E-state index < -0.39 is 0 Å². The summed E-state index contributed by atoms with van der Waals surface area (Å²) in [5.74, 6) is 0.172. The van der Waals surface area contributed by atoms with Crippen LogP contribution < -0.4 is 0 Å². The largest absolute Gasteiger partial charge is 0.374 e. The number of aromatic nitrogens is 1. The van der Waals surface area contributed by atoms with Gasteiger partial charge < -0.3 is 9.64 Å². The second-order valence-electron chi connectivity index (χ2n) is 5.56. The lowest BCUT2D eigenvalue weighted by Gasteiger charge is -2.33. The molecule has 0 unspecified atom stereocenters. The van der Waals surface area contributed by atoms with Crippen molar-refractivity contribution < 1.29 is 9.53 Å². The number of carbonyl (C=O) groups excluding carboxylic acids is 1. The molecule has 114 valence electrons. The van der Waals surface area contributed by atoms with Crippen molar-refractivity contribution in [2.24, 2.45) is 0 Å². The van der Waals surface area contributed by atoms with Gasteiger partial charge in [-0.1, -0.05) is 36.4 Å². The second kappa shape index (κ2) is 7.18. The van der Waals surface area contributed by atoms with Gasteiger partial charge in [0.2, 0.25) is 5.91 Å². The molecule has 0 saturated carbocycles. The second-order valence-corrected chi connectivity index (χ2v) is 5.56. The molecule has 0 spiro atoms. The van der Waals surface area contributed by atoms with Crippen LogP contribution in [0, 0.1) is 0 Å². The Morgan fingerprint density at radius 2 is 2.00 bits per heavy atom. The quantitative estimate of drug-likeness (QED) is 0.867. The molecule has 1 saturated heterocycles. The van der Waals surface area contributed by atoms with E-state index in [9.17, 15) is 4.79 Å². The van der Waals surface area contributed by atoms with E-state index in [1.807, 2.05) is 53.6 Å². The fourth-order valence-corrected chi connectivity index (χ4v) is 2.73. The molecule has 1 aliphatic rings. The monoisotopic (exact) mass is 296 g/mol. The molecule has 2 aromatic rings. The van der Waals surface area contributed by atoms with Gasteiger partial charge in [0.05, 0.1) is 19.1 Å². The molecule has 4 nitrogen and oxygen atoms in total. The first-order valence-corrected chi connectivity index (χ1v) is 7.63. The Morgan fingerprint density at radius 3 is 2.77 bits per heavy atom. The highest BCUT2D eigenvalue weighted by atomic mass is 16.5. The predicted octanol–water partition coefficient (Wildman–Crippen LogP) is 2.09. The molecule has 0 aliphatic carbocycles. The van der Waals surface area contributed by atoms with Gasteiger partial charge in [0.25, 0.3) is 0 Å². The molecule has 0 radical (unpaired) electrons. The van der Waals surface area contributed by atoms with Crippen LogP contribution in [-0.2, 0) is 22.4 Å². The molecule has 1 aliphatic heterocycles. The van der Waals surface area contributed by atoms with Gasteiger partial charge in [-0.2, -0.15) is 0 Å². The average molecular weight is 296 g/mol. The zero-order valence-electron chi connectivity index (χ0n) is 12.5. The van der Waals surface area contributed by atoms with Crippen LogP contribution in [0.15, 0.2) is 54.9 Å². The van der Waals surface area contributed by atoms with Gasteiger partial charge in [0.1, 0.15) is 0 Å². The Labute approximate surface area is 130 Å². The number of benzene rings is 1. The van der Waals surface area contributed by atoms with E-state index in [2.05, 4.69) is 4.98 Å². The zero-order chi connectivity index (χ0) is 15.2. The van der Waals surface area contributed by atoms with Gasteiger partial charge >= 0.3 is 0 Å². The fraction of sp³-hybridized carbons (Fsp3) is 0.333. The van der Waals surface area contributed by atoms with E-state index in [-0.39, 0.29) is 12.0 Å². The van der Waals surface area contributed by atoms with Crippen LogP contribution in [0.4, 0.5) is 0 Å². The first-order chi connectivity index (χ1) is 10.8. The van der Waals surface area contributed by atoms with Crippen molar-refractivity contribution in [1.29, 1.82) is 0 Å². The molecule has 0 bridgehead atoms. The van der Waals surface area contributed by atoms with Crippen LogP contribution in [-0.4, -0.2) is 41.6 Å². The summed E-state index contributed by atoms with van der Waals surface area (Å²) in [5, 5.41) is 0. The molecule has 1 atom stereocenters. The Bertz CT molecular complexity index is 601. The van der Waals surface area contributed by atoms with Crippen molar-refractivity contribution in [3.8, 4) is 0 Å². The topological polar surface area (TPSA) is 42.4 Å². The van der Waals surface area contributed by atoms with Gasteiger partial charge in [-0.05, 0) is 17.2 Å². The van der Waals surface area contributed by atoms with Crippen molar-refractivity contribution in [3.05, 3.63) is 66.0 Å². The van der Waals surface area contributed by atoms with Crippen molar-refractivity contribution in [1.82, 2.24) is 9.88 Å². The molecular weight excluding hydrogens is 276 g/mol. The predicted molar refractivity (Wildman–Crippen MR) is 84.4 cm³/mol. The number of rotatable bonds is 4. The summed E-state index contributed by atoms with van der Waals surface area (Å²) in [6, 6.07) is 13.8. The lowest BCUT2D eigenvalue weighted by atomic mass is 10.1. The zero-order valence-corrected chi connectivity index (χ0v) is 12.5. The van der Waals surface area contributed by atoms with Crippen LogP contribution in [0.5, 0.6) is 0 Å². The normalized spacial score (nSPS) is 18.2. The van der Waals surface area contributed by atoms with Crippen molar-refractivity contribution in [2.75, 3.05) is 19.7 Å². The van der Waals surface area contributed by atoms with Gasteiger partial charge in [-0.25, -0.2) is 0 Å². The van der Waals surface area contributed by atoms with E-state index >= 15 is 0 Å². The van der Waals surface area contributed by atoms with Crippen LogP contribution in [0.25, 0.3) is 0 Å². The summed E-state index contributed by atoms with van der Waals surface area (Å²) in [4.78, 5) is 18.5. The highest BCUT2D eigenvalue weighted by molar-refractivity contribution is 5.78. The van der Waals surface area contributed by atoms with Crippen LogP contribution in [0.3, 0.4) is 0 Å². The molecule has 0 N–H and O–H groups in total. The smallest absolute Gasteiger partial charge is 0.227 e. The third kappa shape index (κ3) is 3.92. The molecule has 1 fully saturated rings. The maximum atomic E-state index is 12.4. The summed E-state index contributed by atoms with van der Waals surface area (Å²) in [5.41, 5.74) is 2.20. The number of hydrogen-bond donors (Lipinski definition) is 0.